The molecule has 1 unspecified atom stereocenters. The Balaban J connectivity index is 4.33. The first kappa shape index (κ1) is 17.2. The van der Waals surface area contributed by atoms with Crippen LogP contribution in [0, 0.1) is 0 Å². The molecule has 0 fully saturated rings. The molecule has 0 amide bonds. The van der Waals surface area contributed by atoms with E-state index >= 15 is 0 Å². The second-order valence-corrected chi connectivity index (χ2v) is 4.40. The van der Waals surface area contributed by atoms with Crippen molar-refractivity contribution in [2.45, 2.75) is 58.0 Å². The van der Waals surface area contributed by atoms with E-state index in [0.717, 1.165) is 19.1 Å². The van der Waals surface area contributed by atoms with E-state index in [1.54, 1.807) is 6.92 Å². The Labute approximate surface area is 111 Å². The van der Waals surface area contributed by atoms with Crippen LogP contribution in [0.15, 0.2) is 0 Å². The van der Waals surface area contributed by atoms with Crippen molar-refractivity contribution in [1.82, 2.24) is 0 Å². The molecule has 0 aromatic heterocycles. The van der Waals surface area contributed by atoms with Crippen molar-refractivity contribution in [3.05, 3.63) is 0 Å². The molecule has 0 aromatic carbocycles. The Kier molecular flexibility index (Phi) is 8.32. The van der Waals surface area contributed by atoms with Crippen LogP contribution >= 0.6 is 0 Å². The molecule has 0 spiro atoms. The largest absolute Gasteiger partial charge is 0.550 e. The molecule has 0 aliphatic carbocycles. The highest BCUT2D eigenvalue weighted by Crippen LogP contribution is 2.26. The summed E-state index contributed by atoms with van der Waals surface area (Å²) in [5, 5.41) is 8.18. The average Bonchev–Trinajstić information content (AvgIpc) is 2.34. The third kappa shape index (κ3) is 8.87. The molecule has 110 valence electrons. The molecule has 0 bridgehead atoms. The molecule has 0 saturated heterocycles. The Morgan fingerprint density at radius 3 is 2.37 bits per heavy atom. The van der Waals surface area contributed by atoms with Crippen molar-refractivity contribution >= 4 is 18.6 Å². The molecule has 1 atom stereocenters. The predicted octanol–water partition coefficient (Wildman–Crippen LogP) is 3.07. The standard InChI is InChI=1S/C12H20O7/c1-3-4-7-12(2,8-5-6-9-13)17-11(16)19-18-10(14)15/h9H,3-8H2,1-2H3,(H,14,15). The van der Waals surface area contributed by atoms with E-state index in [9.17, 15) is 14.4 Å². The summed E-state index contributed by atoms with van der Waals surface area (Å²) in [6, 6.07) is 0. The van der Waals surface area contributed by atoms with Gasteiger partial charge in [0.1, 0.15) is 11.9 Å². The molecular weight excluding hydrogens is 256 g/mol. The van der Waals surface area contributed by atoms with E-state index in [2.05, 4.69) is 9.78 Å². The molecule has 0 saturated carbocycles. The normalized spacial score (nSPS) is 13.2. The van der Waals surface area contributed by atoms with E-state index < -0.39 is 17.9 Å². The van der Waals surface area contributed by atoms with Gasteiger partial charge in [0.05, 0.1) is 0 Å². The van der Waals surface area contributed by atoms with Gasteiger partial charge in [-0.2, -0.15) is 9.68 Å². The van der Waals surface area contributed by atoms with Crippen LogP contribution in [0.4, 0.5) is 9.59 Å². The summed E-state index contributed by atoms with van der Waals surface area (Å²) < 4.78 is 5.07. The summed E-state index contributed by atoms with van der Waals surface area (Å²) in [6.07, 6.45) is 1.69. The smallest absolute Gasteiger partial charge is 0.447 e. The van der Waals surface area contributed by atoms with Crippen molar-refractivity contribution in [3.63, 3.8) is 0 Å². The predicted molar refractivity (Wildman–Crippen MR) is 64.5 cm³/mol. The van der Waals surface area contributed by atoms with Crippen LogP contribution in [0.2, 0.25) is 0 Å². The van der Waals surface area contributed by atoms with Gasteiger partial charge in [-0.05, 0) is 32.6 Å². The molecule has 7 heteroatoms. The number of rotatable bonds is 8. The van der Waals surface area contributed by atoms with Crippen molar-refractivity contribution in [3.8, 4) is 0 Å². The van der Waals surface area contributed by atoms with E-state index in [1.165, 1.54) is 0 Å². The molecule has 1 N–H and O–H groups in total. The SMILES string of the molecule is CCCCC(C)(CCCC=O)OC(=O)OOC(=O)O. The van der Waals surface area contributed by atoms with E-state index in [0.29, 0.717) is 25.7 Å². The maximum absolute atomic E-state index is 11.3. The second kappa shape index (κ2) is 9.18. The minimum absolute atomic E-state index is 0.381. The quantitative estimate of drug-likeness (QED) is 0.239. The average molecular weight is 276 g/mol. The lowest BCUT2D eigenvalue weighted by molar-refractivity contribution is -0.224. The molecule has 0 radical (unpaired) electrons. The van der Waals surface area contributed by atoms with Crippen molar-refractivity contribution in [1.29, 1.82) is 0 Å². The van der Waals surface area contributed by atoms with Gasteiger partial charge in [-0.1, -0.05) is 13.3 Å². The fourth-order valence-electron chi connectivity index (χ4n) is 1.62. The highest BCUT2D eigenvalue weighted by atomic mass is 17.3. The third-order valence-corrected chi connectivity index (χ3v) is 2.60. The Morgan fingerprint density at radius 1 is 1.21 bits per heavy atom. The molecule has 19 heavy (non-hydrogen) atoms. The highest BCUT2D eigenvalue weighted by Gasteiger charge is 2.29. The van der Waals surface area contributed by atoms with Gasteiger partial charge in [-0.15, -0.1) is 0 Å². The summed E-state index contributed by atoms with van der Waals surface area (Å²) in [7, 11) is 0. The van der Waals surface area contributed by atoms with E-state index in [1.807, 2.05) is 6.92 Å². The molecule has 0 aliphatic heterocycles. The first-order chi connectivity index (χ1) is 8.93. The fraction of sp³-hybridized carbons (Fsp3) is 0.750. The first-order valence-electron chi connectivity index (χ1n) is 6.17. The lowest BCUT2D eigenvalue weighted by atomic mass is 9.93. The van der Waals surface area contributed by atoms with E-state index in [4.69, 9.17) is 9.84 Å². The topological polar surface area (TPSA) is 99.1 Å². The zero-order valence-corrected chi connectivity index (χ0v) is 11.2. The van der Waals surface area contributed by atoms with Gasteiger partial charge in [-0.25, -0.2) is 9.68 Å². The Bertz CT molecular complexity index is 302. The van der Waals surface area contributed by atoms with Crippen molar-refractivity contribution < 1.29 is 34.0 Å². The molecule has 0 rings (SSSR count). The number of unbranched alkanes of at least 4 members (excludes halogenated alkanes) is 2. The molecule has 0 aromatic rings. The van der Waals surface area contributed by atoms with Gasteiger partial charge in [-0.3, -0.25) is 0 Å². The minimum Gasteiger partial charge on any atom is -0.447 e. The number of aldehydes is 1. The summed E-state index contributed by atoms with van der Waals surface area (Å²) in [6.45, 7) is 3.72. The lowest BCUT2D eigenvalue weighted by Crippen LogP contribution is -2.32. The molecule has 7 nitrogen and oxygen atoms in total. The van der Waals surface area contributed by atoms with Crippen LogP contribution < -0.4 is 0 Å². The number of carbonyl (C=O) groups is 3. The van der Waals surface area contributed by atoms with Crippen molar-refractivity contribution in [2.75, 3.05) is 0 Å². The zero-order valence-electron chi connectivity index (χ0n) is 11.2. The Morgan fingerprint density at radius 2 is 1.84 bits per heavy atom. The number of carboxylic acid groups (broad SMARTS) is 1. The van der Waals surface area contributed by atoms with Crippen LogP contribution in [0.1, 0.15) is 52.4 Å². The van der Waals surface area contributed by atoms with Crippen LogP contribution in [0.25, 0.3) is 0 Å². The van der Waals surface area contributed by atoms with Gasteiger partial charge < -0.3 is 14.6 Å². The number of hydrogen-bond acceptors (Lipinski definition) is 6. The van der Waals surface area contributed by atoms with Gasteiger partial charge >= 0.3 is 12.3 Å². The van der Waals surface area contributed by atoms with Crippen LogP contribution in [-0.4, -0.2) is 29.3 Å². The lowest BCUT2D eigenvalue weighted by Gasteiger charge is -2.28. The monoisotopic (exact) mass is 276 g/mol. The number of carbonyl (C=O) groups excluding carboxylic acids is 2. The maximum Gasteiger partial charge on any atom is 0.550 e. The van der Waals surface area contributed by atoms with Crippen LogP contribution in [0.3, 0.4) is 0 Å². The third-order valence-electron chi connectivity index (χ3n) is 2.60. The number of hydrogen-bond donors (Lipinski definition) is 1. The molecule has 0 aliphatic rings. The Hall–Kier alpha value is -1.79. The summed E-state index contributed by atoms with van der Waals surface area (Å²) >= 11 is 0. The maximum atomic E-state index is 11.3. The highest BCUT2D eigenvalue weighted by molar-refractivity contribution is 5.62. The second-order valence-electron chi connectivity index (χ2n) is 4.40. The fourth-order valence-corrected chi connectivity index (χ4v) is 1.62. The minimum atomic E-state index is -1.73. The number of ether oxygens (including phenoxy) is 1. The van der Waals surface area contributed by atoms with Crippen LogP contribution in [0.5, 0.6) is 0 Å². The van der Waals surface area contributed by atoms with Gasteiger partial charge in [0.15, 0.2) is 0 Å². The van der Waals surface area contributed by atoms with Gasteiger partial charge in [0.25, 0.3) is 0 Å². The van der Waals surface area contributed by atoms with Gasteiger partial charge in [0.2, 0.25) is 0 Å². The van der Waals surface area contributed by atoms with Crippen LogP contribution in [-0.2, 0) is 19.3 Å². The molecule has 0 heterocycles. The summed E-state index contributed by atoms with van der Waals surface area (Å²) in [5.74, 6) is 0. The zero-order chi connectivity index (χ0) is 14.7. The molecular formula is C12H20O7. The first-order valence-corrected chi connectivity index (χ1v) is 6.17. The van der Waals surface area contributed by atoms with E-state index in [-0.39, 0.29) is 0 Å². The summed E-state index contributed by atoms with van der Waals surface area (Å²) in [5.41, 5.74) is -0.794. The van der Waals surface area contributed by atoms with Crippen molar-refractivity contribution in [2.24, 2.45) is 0 Å². The van der Waals surface area contributed by atoms with Gasteiger partial charge in [0, 0.05) is 6.42 Å². The summed E-state index contributed by atoms with van der Waals surface area (Å²) in [4.78, 5) is 39.2.